The second-order valence-electron chi connectivity index (χ2n) is 3.38. The van der Waals surface area contributed by atoms with Gasteiger partial charge in [0.2, 0.25) is 5.91 Å². The predicted molar refractivity (Wildman–Crippen MR) is 52.7 cm³/mol. The van der Waals surface area contributed by atoms with Gasteiger partial charge in [-0.15, -0.1) is 0 Å². The molecule has 5 heteroatoms. The Morgan fingerprint density at radius 3 is 2.57 bits per heavy atom. The first-order chi connectivity index (χ1) is 6.56. The highest BCUT2D eigenvalue weighted by Gasteiger charge is 2.05. The molecule has 0 aromatic carbocycles. The molecule has 1 atom stereocenters. The number of aliphatic carboxylic acids is 1. The summed E-state index contributed by atoms with van der Waals surface area (Å²) in [6, 6.07) is 0. The fourth-order valence-electron chi connectivity index (χ4n) is 1.04. The van der Waals surface area contributed by atoms with Crippen LogP contribution in [0.2, 0.25) is 0 Å². The average molecular weight is 202 g/mol. The third-order valence-electron chi connectivity index (χ3n) is 2.00. The van der Waals surface area contributed by atoms with Gasteiger partial charge in [-0.05, 0) is 18.8 Å². The Bertz CT molecular complexity index is 194. The smallest absolute Gasteiger partial charge is 0.303 e. The number of carbonyl (C=O) groups excluding carboxylic acids is 1. The fourth-order valence-corrected chi connectivity index (χ4v) is 1.04. The first-order valence-electron chi connectivity index (χ1n) is 4.74. The van der Waals surface area contributed by atoms with Crippen molar-refractivity contribution in [3.05, 3.63) is 0 Å². The molecule has 0 rings (SSSR count). The summed E-state index contributed by atoms with van der Waals surface area (Å²) in [5, 5.41) is 11.1. The van der Waals surface area contributed by atoms with Crippen molar-refractivity contribution in [2.24, 2.45) is 11.7 Å². The Kier molecular flexibility index (Phi) is 6.74. The molecule has 1 unspecified atom stereocenters. The minimum atomic E-state index is -0.775. The molecule has 0 heterocycles. The van der Waals surface area contributed by atoms with E-state index in [1.807, 2.05) is 6.92 Å². The number of amides is 1. The first-order valence-corrected chi connectivity index (χ1v) is 4.74. The van der Waals surface area contributed by atoms with E-state index in [1.54, 1.807) is 0 Å². The predicted octanol–water partition coefficient (Wildman–Crippen LogP) is -0.0477. The molecule has 0 aliphatic carbocycles. The zero-order valence-corrected chi connectivity index (χ0v) is 8.45. The lowest BCUT2D eigenvalue weighted by Crippen LogP contribution is -2.31. The SMILES string of the molecule is CC(CCNC(=O)CN)CCC(=O)O. The molecule has 0 saturated carbocycles. The van der Waals surface area contributed by atoms with Crippen LogP contribution >= 0.6 is 0 Å². The van der Waals surface area contributed by atoms with Gasteiger partial charge in [-0.2, -0.15) is 0 Å². The number of hydrogen-bond acceptors (Lipinski definition) is 3. The Hall–Kier alpha value is -1.10. The number of hydrogen-bond donors (Lipinski definition) is 3. The van der Waals surface area contributed by atoms with Crippen molar-refractivity contribution in [1.29, 1.82) is 0 Å². The summed E-state index contributed by atoms with van der Waals surface area (Å²) < 4.78 is 0. The van der Waals surface area contributed by atoms with Crippen LogP contribution in [0.1, 0.15) is 26.2 Å². The van der Waals surface area contributed by atoms with Gasteiger partial charge >= 0.3 is 5.97 Å². The van der Waals surface area contributed by atoms with E-state index in [0.29, 0.717) is 18.9 Å². The molecule has 0 spiro atoms. The van der Waals surface area contributed by atoms with Crippen molar-refractivity contribution < 1.29 is 14.7 Å². The summed E-state index contributed by atoms with van der Waals surface area (Å²) in [7, 11) is 0. The normalized spacial score (nSPS) is 12.1. The maximum atomic E-state index is 10.7. The second kappa shape index (κ2) is 7.32. The average Bonchev–Trinajstić information content (AvgIpc) is 2.14. The Morgan fingerprint density at radius 2 is 2.07 bits per heavy atom. The van der Waals surface area contributed by atoms with E-state index < -0.39 is 5.97 Å². The van der Waals surface area contributed by atoms with Gasteiger partial charge in [0.1, 0.15) is 0 Å². The summed E-state index contributed by atoms with van der Waals surface area (Å²) in [6.07, 6.45) is 1.62. The van der Waals surface area contributed by atoms with Crippen LogP contribution in [0, 0.1) is 5.92 Å². The highest BCUT2D eigenvalue weighted by atomic mass is 16.4. The van der Waals surface area contributed by atoms with Gasteiger partial charge in [-0.25, -0.2) is 0 Å². The molecule has 0 aliphatic heterocycles. The highest BCUT2D eigenvalue weighted by Crippen LogP contribution is 2.08. The third-order valence-corrected chi connectivity index (χ3v) is 2.00. The molecule has 0 saturated heterocycles. The Labute approximate surface area is 83.7 Å². The molecule has 0 aromatic rings. The van der Waals surface area contributed by atoms with E-state index in [2.05, 4.69) is 5.32 Å². The number of nitrogens with two attached hydrogens (primary N) is 1. The number of carbonyl (C=O) groups is 2. The molecule has 82 valence electrons. The lowest BCUT2D eigenvalue weighted by Gasteiger charge is -2.09. The van der Waals surface area contributed by atoms with Crippen molar-refractivity contribution in [3.63, 3.8) is 0 Å². The molecular formula is C9H18N2O3. The van der Waals surface area contributed by atoms with Gasteiger partial charge in [0.15, 0.2) is 0 Å². The van der Waals surface area contributed by atoms with E-state index in [-0.39, 0.29) is 18.9 Å². The largest absolute Gasteiger partial charge is 0.481 e. The monoisotopic (exact) mass is 202 g/mol. The van der Waals surface area contributed by atoms with Gasteiger partial charge in [-0.3, -0.25) is 9.59 Å². The Balaban J connectivity index is 3.39. The molecule has 0 radical (unpaired) electrons. The highest BCUT2D eigenvalue weighted by molar-refractivity contribution is 5.77. The van der Waals surface area contributed by atoms with E-state index in [9.17, 15) is 9.59 Å². The van der Waals surface area contributed by atoms with Gasteiger partial charge in [0.05, 0.1) is 6.54 Å². The summed E-state index contributed by atoms with van der Waals surface area (Å²) in [5.74, 6) is -0.637. The van der Waals surface area contributed by atoms with Crippen LogP contribution < -0.4 is 11.1 Å². The van der Waals surface area contributed by atoms with Crippen molar-refractivity contribution in [2.75, 3.05) is 13.1 Å². The van der Waals surface area contributed by atoms with E-state index in [0.717, 1.165) is 6.42 Å². The van der Waals surface area contributed by atoms with Crippen LogP contribution in [0.15, 0.2) is 0 Å². The minimum absolute atomic E-state index is 0.00348. The number of carboxylic acid groups (broad SMARTS) is 1. The van der Waals surface area contributed by atoms with Gasteiger partial charge in [0, 0.05) is 13.0 Å². The molecule has 14 heavy (non-hydrogen) atoms. The number of nitrogens with one attached hydrogen (secondary N) is 1. The van der Waals surface area contributed by atoms with Crippen molar-refractivity contribution in [1.82, 2.24) is 5.32 Å². The van der Waals surface area contributed by atoms with Crippen LogP contribution in [0.3, 0.4) is 0 Å². The third kappa shape index (κ3) is 7.54. The molecule has 0 fully saturated rings. The van der Waals surface area contributed by atoms with E-state index in [4.69, 9.17) is 10.8 Å². The van der Waals surface area contributed by atoms with E-state index in [1.165, 1.54) is 0 Å². The lowest BCUT2D eigenvalue weighted by molar-refractivity contribution is -0.137. The van der Waals surface area contributed by atoms with Crippen molar-refractivity contribution in [3.8, 4) is 0 Å². The second-order valence-corrected chi connectivity index (χ2v) is 3.38. The molecule has 0 aliphatic rings. The van der Waals surface area contributed by atoms with Crippen LogP contribution in [0.5, 0.6) is 0 Å². The Morgan fingerprint density at radius 1 is 1.43 bits per heavy atom. The zero-order chi connectivity index (χ0) is 11.0. The zero-order valence-electron chi connectivity index (χ0n) is 8.45. The molecule has 4 N–H and O–H groups in total. The van der Waals surface area contributed by atoms with Crippen LogP contribution in [0.25, 0.3) is 0 Å². The van der Waals surface area contributed by atoms with E-state index >= 15 is 0 Å². The summed E-state index contributed by atoms with van der Waals surface area (Å²) >= 11 is 0. The summed E-state index contributed by atoms with van der Waals surface area (Å²) in [4.78, 5) is 21.0. The van der Waals surface area contributed by atoms with Gasteiger partial charge in [-0.1, -0.05) is 6.92 Å². The van der Waals surface area contributed by atoms with Gasteiger partial charge in [0.25, 0.3) is 0 Å². The van der Waals surface area contributed by atoms with Crippen LogP contribution in [-0.2, 0) is 9.59 Å². The van der Waals surface area contributed by atoms with Crippen molar-refractivity contribution >= 4 is 11.9 Å². The quantitative estimate of drug-likeness (QED) is 0.539. The fraction of sp³-hybridized carbons (Fsp3) is 0.778. The van der Waals surface area contributed by atoms with Crippen molar-refractivity contribution in [2.45, 2.75) is 26.2 Å². The maximum absolute atomic E-state index is 10.7. The standard InChI is InChI=1S/C9H18N2O3/c1-7(2-3-9(13)14)4-5-11-8(12)6-10/h7H,2-6,10H2,1H3,(H,11,12)(H,13,14). The molecule has 1 amide bonds. The number of carboxylic acids is 1. The minimum Gasteiger partial charge on any atom is -0.481 e. The van der Waals surface area contributed by atoms with Crippen LogP contribution in [-0.4, -0.2) is 30.1 Å². The summed E-state index contributed by atoms with van der Waals surface area (Å²) in [5.41, 5.74) is 5.10. The van der Waals surface area contributed by atoms with Gasteiger partial charge < -0.3 is 16.2 Å². The topological polar surface area (TPSA) is 92.4 Å². The maximum Gasteiger partial charge on any atom is 0.303 e. The lowest BCUT2D eigenvalue weighted by atomic mass is 10.0. The van der Waals surface area contributed by atoms with Crippen LogP contribution in [0.4, 0.5) is 0 Å². The molecule has 0 aromatic heterocycles. The molecule has 5 nitrogen and oxygen atoms in total. The number of rotatable bonds is 7. The molecular weight excluding hydrogens is 184 g/mol. The summed E-state index contributed by atoms with van der Waals surface area (Å²) in [6.45, 7) is 2.54. The molecule has 0 bridgehead atoms. The first kappa shape index (κ1) is 12.9.